The fourth-order valence-electron chi connectivity index (χ4n) is 0.654. The van der Waals surface area contributed by atoms with Crippen LogP contribution in [0.1, 0.15) is 32.6 Å². The number of hydrogen-bond donors (Lipinski definition) is 1. The predicted molar refractivity (Wildman–Crippen MR) is 42.3 cm³/mol. The third kappa shape index (κ3) is 7.70. The van der Waals surface area contributed by atoms with Crippen LogP contribution >= 0.6 is 0 Å². The summed E-state index contributed by atoms with van der Waals surface area (Å²) in [6.07, 6.45) is 9.22. The Balaban J connectivity index is 2.86. The van der Waals surface area contributed by atoms with Gasteiger partial charge in [-0.2, -0.15) is 0 Å². The number of nitrogens with two attached hydrogens (primary N) is 1. The first kappa shape index (κ1) is 8.70. The summed E-state index contributed by atoms with van der Waals surface area (Å²) in [6.45, 7) is 2.99. The van der Waals surface area contributed by atoms with Crippen LogP contribution in [-0.4, -0.2) is 6.54 Å². The van der Waals surface area contributed by atoms with Gasteiger partial charge in [-0.25, -0.2) is 0 Å². The first-order chi connectivity index (χ1) is 4.41. The summed E-state index contributed by atoms with van der Waals surface area (Å²) < 4.78 is 0. The molecular weight excluding hydrogens is 110 g/mol. The van der Waals surface area contributed by atoms with E-state index in [0.29, 0.717) is 0 Å². The lowest BCUT2D eigenvalue weighted by molar-refractivity contribution is 0.811. The highest BCUT2D eigenvalue weighted by molar-refractivity contribution is 4.81. The van der Waals surface area contributed by atoms with Crippen molar-refractivity contribution in [2.45, 2.75) is 32.6 Å². The second kappa shape index (κ2) is 7.70. The molecule has 1 heteroatoms. The summed E-state index contributed by atoms with van der Waals surface area (Å²) in [6, 6.07) is 0. The van der Waals surface area contributed by atoms with Crippen LogP contribution in [0.4, 0.5) is 0 Å². The van der Waals surface area contributed by atoms with E-state index in [1.807, 2.05) is 0 Å². The number of unbranched alkanes of at least 4 members (excludes halogenated alkanes) is 2. The van der Waals surface area contributed by atoms with E-state index in [4.69, 9.17) is 5.73 Å². The molecule has 0 heterocycles. The molecule has 0 radical (unpaired) electrons. The van der Waals surface area contributed by atoms with Crippen LogP contribution in [0, 0.1) is 0 Å². The van der Waals surface area contributed by atoms with Gasteiger partial charge in [0.1, 0.15) is 0 Å². The van der Waals surface area contributed by atoms with Crippen molar-refractivity contribution in [3.8, 4) is 0 Å². The summed E-state index contributed by atoms with van der Waals surface area (Å²) in [5.74, 6) is 0. The van der Waals surface area contributed by atoms with Gasteiger partial charge in [-0.05, 0) is 19.4 Å². The molecule has 0 aromatic carbocycles. The molecule has 0 aromatic heterocycles. The van der Waals surface area contributed by atoms with E-state index in [2.05, 4.69) is 19.1 Å². The first-order valence-electron chi connectivity index (χ1n) is 3.77. The summed E-state index contributed by atoms with van der Waals surface area (Å²) in [5, 5.41) is 0. The number of rotatable bonds is 5. The van der Waals surface area contributed by atoms with E-state index in [1.165, 1.54) is 19.3 Å². The highest BCUT2D eigenvalue weighted by Crippen LogP contribution is 1.94. The van der Waals surface area contributed by atoms with Gasteiger partial charge in [-0.3, -0.25) is 0 Å². The smallest absolute Gasteiger partial charge is 0.00426 e. The molecule has 0 spiro atoms. The average Bonchev–Trinajstić information content (AvgIpc) is 1.89. The SMILES string of the molecule is CCCCC=CCCN. The second-order valence-electron chi connectivity index (χ2n) is 2.19. The van der Waals surface area contributed by atoms with Crippen molar-refractivity contribution in [3.63, 3.8) is 0 Å². The monoisotopic (exact) mass is 127 g/mol. The van der Waals surface area contributed by atoms with Gasteiger partial charge in [-0.1, -0.05) is 31.9 Å². The fourth-order valence-corrected chi connectivity index (χ4v) is 0.654. The zero-order valence-electron chi connectivity index (χ0n) is 6.27. The van der Waals surface area contributed by atoms with Crippen LogP contribution in [-0.2, 0) is 0 Å². The molecule has 0 saturated carbocycles. The highest BCUT2D eigenvalue weighted by atomic mass is 14.5. The Morgan fingerprint density at radius 2 is 1.89 bits per heavy atom. The number of allylic oxidation sites excluding steroid dienone is 1. The van der Waals surface area contributed by atoms with Crippen LogP contribution in [0.2, 0.25) is 0 Å². The maximum absolute atomic E-state index is 5.29. The Morgan fingerprint density at radius 3 is 2.44 bits per heavy atom. The topological polar surface area (TPSA) is 26.0 Å². The molecule has 2 N–H and O–H groups in total. The first-order valence-corrected chi connectivity index (χ1v) is 3.77. The van der Waals surface area contributed by atoms with Gasteiger partial charge < -0.3 is 5.73 Å². The van der Waals surface area contributed by atoms with Crippen LogP contribution < -0.4 is 5.73 Å². The zero-order valence-corrected chi connectivity index (χ0v) is 6.27. The Kier molecular flexibility index (Phi) is 7.44. The van der Waals surface area contributed by atoms with Gasteiger partial charge in [0.15, 0.2) is 0 Å². The number of hydrogen-bond acceptors (Lipinski definition) is 1. The minimum atomic E-state index is 0.780. The molecule has 0 aliphatic carbocycles. The van der Waals surface area contributed by atoms with Crippen molar-refractivity contribution >= 4 is 0 Å². The van der Waals surface area contributed by atoms with E-state index in [1.54, 1.807) is 0 Å². The van der Waals surface area contributed by atoms with Crippen LogP contribution in [0.25, 0.3) is 0 Å². The molecule has 0 aromatic rings. The molecule has 0 rings (SSSR count). The molecule has 0 unspecified atom stereocenters. The molecule has 0 aliphatic heterocycles. The summed E-state index contributed by atoms with van der Waals surface area (Å²) in [5.41, 5.74) is 5.29. The van der Waals surface area contributed by atoms with E-state index in [-0.39, 0.29) is 0 Å². The Bertz CT molecular complexity index is 67.0. The molecule has 0 aliphatic rings. The van der Waals surface area contributed by atoms with Crippen molar-refractivity contribution < 1.29 is 0 Å². The normalized spacial score (nSPS) is 10.9. The van der Waals surface area contributed by atoms with Gasteiger partial charge in [-0.15, -0.1) is 0 Å². The highest BCUT2D eigenvalue weighted by Gasteiger charge is 1.76. The van der Waals surface area contributed by atoms with Crippen LogP contribution in [0.5, 0.6) is 0 Å². The molecule has 0 bridgehead atoms. The van der Waals surface area contributed by atoms with Gasteiger partial charge in [0.25, 0.3) is 0 Å². The molecule has 0 amide bonds. The Morgan fingerprint density at radius 1 is 1.22 bits per heavy atom. The van der Waals surface area contributed by atoms with E-state index in [0.717, 1.165) is 13.0 Å². The molecule has 0 fully saturated rings. The van der Waals surface area contributed by atoms with Crippen LogP contribution in [0.3, 0.4) is 0 Å². The van der Waals surface area contributed by atoms with Crippen molar-refractivity contribution in [3.05, 3.63) is 12.2 Å². The lowest BCUT2D eigenvalue weighted by atomic mass is 10.2. The van der Waals surface area contributed by atoms with Gasteiger partial charge in [0, 0.05) is 0 Å². The summed E-state index contributed by atoms with van der Waals surface area (Å²) in [7, 11) is 0. The Labute approximate surface area is 57.9 Å². The minimum Gasteiger partial charge on any atom is -0.330 e. The molecule has 1 nitrogen and oxygen atoms in total. The average molecular weight is 127 g/mol. The molecule has 0 saturated heterocycles. The van der Waals surface area contributed by atoms with E-state index in [9.17, 15) is 0 Å². The lowest BCUT2D eigenvalue weighted by Crippen LogP contribution is -1.94. The quantitative estimate of drug-likeness (QED) is 0.444. The Hall–Kier alpha value is -0.300. The van der Waals surface area contributed by atoms with Crippen molar-refractivity contribution in [2.24, 2.45) is 5.73 Å². The van der Waals surface area contributed by atoms with E-state index >= 15 is 0 Å². The van der Waals surface area contributed by atoms with Crippen molar-refractivity contribution in [1.82, 2.24) is 0 Å². The van der Waals surface area contributed by atoms with Gasteiger partial charge in [0.05, 0.1) is 0 Å². The van der Waals surface area contributed by atoms with Crippen molar-refractivity contribution in [2.75, 3.05) is 6.54 Å². The third-order valence-corrected chi connectivity index (χ3v) is 1.22. The maximum atomic E-state index is 5.29. The zero-order chi connectivity index (χ0) is 6.95. The van der Waals surface area contributed by atoms with Gasteiger partial charge in [0.2, 0.25) is 0 Å². The fraction of sp³-hybridized carbons (Fsp3) is 0.750. The van der Waals surface area contributed by atoms with E-state index < -0.39 is 0 Å². The molecule has 9 heavy (non-hydrogen) atoms. The maximum Gasteiger partial charge on any atom is -0.00426 e. The standard InChI is InChI=1S/C8H17N/c1-2-3-4-5-6-7-8-9/h5-6H,2-4,7-9H2,1H3. The lowest BCUT2D eigenvalue weighted by Gasteiger charge is -1.87. The molecule has 54 valence electrons. The van der Waals surface area contributed by atoms with Gasteiger partial charge >= 0.3 is 0 Å². The molecule has 0 atom stereocenters. The van der Waals surface area contributed by atoms with Crippen molar-refractivity contribution in [1.29, 1.82) is 0 Å². The second-order valence-corrected chi connectivity index (χ2v) is 2.19. The van der Waals surface area contributed by atoms with Crippen LogP contribution in [0.15, 0.2) is 12.2 Å². The summed E-state index contributed by atoms with van der Waals surface area (Å²) in [4.78, 5) is 0. The summed E-state index contributed by atoms with van der Waals surface area (Å²) >= 11 is 0. The predicted octanol–water partition coefficient (Wildman–Crippen LogP) is 2.08. The largest absolute Gasteiger partial charge is 0.330 e. The third-order valence-electron chi connectivity index (χ3n) is 1.22. The molecular formula is C8H17N. The minimum absolute atomic E-state index is 0.780.